The number of primary amides is 1. The number of nitrogens with two attached hydrogens (primary N) is 1. The number of nitrogens with zero attached hydrogens (tertiary/aromatic N) is 1. The minimum atomic E-state index is -0.857. The standard InChI is InChI=1S/C5H10N2O4/c6-5(8)3-1-2-4-11-7(9)10/h1-4H2,(H2,6,8). The van der Waals surface area contributed by atoms with Gasteiger partial charge in [0.15, 0.2) is 0 Å². The quantitative estimate of drug-likeness (QED) is 0.333. The predicted octanol–water partition coefficient (Wildman–Crippen LogP) is -0.150. The summed E-state index contributed by atoms with van der Waals surface area (Å²) >= 11 is 0. The van der Waals surface area contributed by atoms with Crippen LogP contribution in [0.25, 0.3) is 0 Å². The molecule has 0 aliphatic carbocycles. The molecule has 0 heterocycles. The Labute approximate surface area is 63.4 Å². The molecule has 0 spiro atoms. The zero-order valence-electron chi connectivity index (χ0n) is 5.99. The summed E-state index contributed by atoms with van der Waals surface area (Å²) in [5.41, 5.74) is 4.82. The van der Waals surface area contributed by atoms with Gasteiger partial charge in [-0.25, -0.2) is 0 Å². The van der Waals surface area contributed by atoms with Gasteiger partial charge in [-0.1, -0.05) is 0 Å². The Kier molecular flexibility index (Phi) is 4.80. The largest absolute Gasteiger partial charge is 0.370 e. The second-order valence-corrected chi connectivity index (χ2v) is 1.98. The van der Waals surface area contributed by atoms with E-state index in [1.165, 1.54) is 0 Å². The van der Waals surface area contributed by atoms with Crippen LogP contribution in [0.3, 0.4) is 0 Å². The van der Waals surface area contributed by atoms with Crippen molar-refractivity contribution < 1.29 is 14.7 Å². The van der Waals surface area contributed by atoms with E-state index < -0.39 is 11.0 Å². The van der Waals surface area contributed by atoms with Crippen LogP contribution in [-0.2, 0) is 9.63 Å². The van der Waals surface area contributed by atoms with Crippen LogP contribution in [0.5, 0.6) is 0 Å². The van der Waals surface area contributed by atoms with E-state index in [9.17, 15) is 14.9 Å². The highest BCUT2D eigenvalue weighted by Gasteiger charge is 1.96. The molecular formula is C5H10N2O4. The lowest BCUT2D eigenvalue weighted by Crippen LogP contribution is -2.10. The summed E-state index contributed by atoms with van der Waals surface area (Å²) in [6.07, 6.45) is 1.26. The van der Waals surface area contributed by atoms with Crippen molar-refractivity contribution in [1.29, 1.82) is 0 Å². The van der Waals surface area contributed by atoms with Gasteiger partial charge in [-0.2, -0.15) is 0 Å². The first kappa shape index (κ1) is 9.67. The fourth-order valence-electron chi connectivity index (χ4n) is 0.540. The van der Waals surface area contributed by atoms with Crippen LogP contribution in [0.4, 0.5) is 0 Å². The van der Waals surface area contributed by atoms with Gasteiger partial charge < -0.3 is 10.6 Å². The molecule has 2 N–H and O–H groups in total. The summed E-state index contributed by atoms with van der Waals surface area (Å²) in [5, 5.41) is 8.73. The van der Waals surface area contributed by atoms with E-state index in [0.717, 1.165) is 0 Å². The van der Waals surface area contributed by atoms with E-state index in [-0.39, 0.29) is 13.0 Å². The van der Waals surface area contributed by atoms with Crippen LogP contribution < -0.4 is 5.73 Å². The molecule has 0 aromatic rings. The molecule has 0 fully saturated rings. The zero-order chi connectivity index (χ0) is 8.69. The first-order valence-corrected chi connectivity index (χ1v) is 3.18. The second-order valence-electron chi connectivity index (χ2n) is 1.98. The first-order chi connectivity index (χ1) is 5.13. The number of amides is 1. The van der Waals surface area contributed by atoms with E-state index in [2.05, 4.69) is 4.84 Å². The minimum Gasteiger partial charge on any atom is -0.370 e. The first-order valence-electron chi connectivity index (χ1n) is 3.18. The van der Waals surface area contributed by atoms with Gasteiger partial charge in [-0.15, -0.1) is 10.1 Å². The van der Waals surface area contributed by atoms with Gasteiger partial charge in [0.25, 0.3) is 5.09 Å². The molecule has 0 aromatic carbocycles. The molecule has 0 aromatic heterocycles. The molecule has 0 saturated carbocycles. The molecule has 0 saturated heterocycles. The van der Waals surface area contributed by atoms with E-state index in [1.54, 1.807) is 0 Å². The maximum Gasteiger partial charge on any atom is 0.294 e. The molecule has 11 heavy (non-hydrogen) atoms. The molecular weight excluding hydrogens is 152 g/mol. The molecule has 0 aliphatic heterocycles. The lowest BCUT2D eigenvalue weighted by molar-refractivity contribution is -0.757. The molecule has 0 aliphatic rings. The highest BCUT2D eigenvalue weighted by molar-refractivity contribution is 5.73. The van der Waals surface area contributed by atoms with Crippen LogP contribution in [0.1, 0.15) is 19.3 Å². The van der Waals surface area contributed by atoms with Crippen molar-refractivity contribution in [1.82, 2.24) is 0 Å². The Morgan fingerprint density at radius 2 is 2.18 bits per heavy atom. The van der Waals surface area contributed by atoms with Crippen molar-refractivity contribution in [3.05, 3.63) is 10.1 Å². The maximum absolute atomic E-state index is 10.1. The van der Waals surface area contributed by atoms with Crippen LogP contribution in [-0.4, -0.2) is 17.6 Å². The molecule has 0 bridgehead atoms. The topological polar surface area (TPSA) is 95.5 Å². The van der Waals surface area contributed by atoms with Gasteiger partial charge >= 0.3 is 0 Å². The van der Waals surface area contributed by atoms with Crippen LogP contribution in [0.15, 0.2) is 0 Å². The normalized spacial score (nSPS) is 9.09. The summed E-state index contributed by atoms with van der Waals surface area (Å²) in [6.45, 7) is 0.0281. The van der Waals surface area contributed by atoms with Crippen LogP contribution in [0, 0.1) is 10.1 Å². The minimum absolute atomic E-state index is 0.0281. The Hall–Kier alpha value is -1.33. The zero-order valence-corrected chi connectivity index (χ0v) is 5.99. The maximum atomic E-state index is 10.1. The van der Waals surface area contributed by atoms with Gasteiger partial charge in [0, 0.05) is 6.42 Å². The summed E-state index contributed by atoms with van der Waals surface area (Å²) in [6, 6.07) is 0. The summed E-state index contributed by atoms with van der Waals surface area (Å²) in [4.78, 5) is 23.7. The predicted molar refractivity (Wildman–Crippen MR) is 36.0 cm³/mol. The van der Waals surface area contributed by atoms with Crippen molar-refractivity contribution in [3.63, 3.8) is 0 Å². The fraction of sp³-hybridized carbons (Fsp3) is 0.800. The smallest absolute Gasteiger partial charge is 0.294 e. The average Bonchev–Trinajstić information content (AvgIpc) is 1.85. The highest BCUT2D eigenvalue weighted by Crippen LogP contribution is 1.94. The van der Waals surface area contributed by atoms with Crippen molar-refractivity contribution >= 4 is 5.91 Å². The van der Waals surface area contributed by atoms with Crippen molar-refractivity contribution in [2.75, 3.05) is 6.61 Å². The number of carbonyl (C=O) groups is 1. The van der Waals surface area contributed by atoms with Gasteiger partial charge in [0.05, 0.1) is 6.61 Å². The lowest BCUT2D eigenvalue weighted by Gasteiger charge is -1.96. The molecule has 6 nitrogen and oxygen atoms in total. The summed E-state index contributed by atoms with van der Waals surface area (Å²) < 4.78 is 0. The van der Waals surface area contributed by atoms with Gasteiger partial charge in [0.2, 0.25) is 5.91 Å². The van der Waals surface area contributed by atoms with E-state index >= 15 is 0 Å². The van der Waals surface area contributed by atoms with Crippen molar-refractivity contribution in [2.24, 2.45) is 5.73 Å². The molecule has 0 radical (unpaired) electrons. The summed E-state index contributed by atoms with van der Waals surface area (Å²) in [5.74, 6) is -0.397. The van der Waals surface area contributed by atoms with Gasteiger partial charge in [0.1, 0.15) is 0 Å². The fourth-order valence-corrected chi connectivity index (χ4v) is 0.540. The second kappa shape index (κ2) is 5.45. The number of unbranched alkanes of at least 4 members (excludes halogenated alkanes) is 1. The molecule has 0 rings (SSSR count). The molecule has 1 amide bonds. The molecule has 64 valence electrons. The molecule has 0 atom stereocenters. The van der Waals surface area contributed by atoms with Gasteiger partial charge in [-0.05, 0) is 12.8 Å². The number of carbonyl (C=O) groups excluding carboxylic acids is 1. The average molecular weight is 162 g/mol. The Morgan fingerprint density at radius 1 is 1.55 bits per heavy atom. The van der Waals surface area contributed by atoms with Crippen LogP contribution >= 0.6 is 0 Å². The number of rotatable bonds is 6. The third-order valence-corrected chi connectivity index (χ3v) is 1.01. The monoisotopic (exact) mass is 162 g/mol. The Balaban J connectivity index is 3.03. The molecule has 0 unspecified atom stereocenters. The third kappa shape index (κ3) is 8.67. The number of hydrogen-bond acceptors (Lipinski definition) is 4. The lowest BCUT2D eigenvalue weighted by atomic mass is 10.2. The van der Waals surface area contributed by atoms with Crippen molar-refractivity contribution in [2.45, 2.75) is 19.3 Å². The number of hydrogen-bond donors (Lipinski definition) is 1. The van der Waals surface area contributed by atoms with E-state index in [1.807, 2.05) is 0 Å². The highest BCUT2D eigenvalue weighted by atomic mass is 16.9. The van der Waals surface area contributed by atoms with Crippen LogP contribution in [0.2, 0.25) is 0 Å². The molecule has 6 heteroatoms. The van der Waals surface area contributed by atoms with Gasteiger partial charge in [-0.3, -0.25) is 4.79 Å². The Bertz CT molecular complexity index is 131. The Morgan fingerprint density at radius 3 is 2.64 bits per heavy atom. The van der Waals surface area contributed by atoms with Crippen molar-refractivity contribution in [3.8, 4) is 0 Å². The third-order valence-electron chi connectivity index (χ3n) is 1.01. The SMILES string of the molecule is NC(=O)CCCCO[N+](=O)[O-]. The van der Waals surface area contributed by atoms with E-state index in [4.69, 9.17) is 5.73 Å². The van der Waals surface area contributed by atoms with E-state index in [0.29, 0.717) is 12.8 Å². The summed E-state index contributed by atoms with van der Waals surface area (Å²) in [7, 11) is 0.